The molecule has 0 rings (SSSR count). The van der Waals surface area contributed by atoms with Gasteiger partial charge in [0.1, 0.15) is 0 Å². The van der Waals surface area contributed by atoms with Crippen molar-refractivity contribution in [2.75, 3.05) is 26.7 Å². The lowest BCUT2D eigenvalue weighted by Gasteiger charge is -2.24. The number of likely N-dealkylation sites (N-methyl/N-ethyl adjacent to an activating group) is 1. The van der Waals surface area contributed by atoms with Crippen molar-refractivity contribution in [3.8, 4) is 0 Å². The molecule has 0 radical (unpaired) electrons. The molecule has 0 aromatic carbocycles. The minimum Gasteiger partial charge on any atom is -0.316 e. The molecular weight excluding hydrogens is 196 g/mol. The normalized spacial score (nSPS) is 13.4. The molecule has 1 atom stereocenters. The second-order valence-electron chi connectivity index (χ2n) is 5.46. The van der Waals surface area contributed by atoms with Crippen LogP contribution in [0.4, 0.5) is 0 Å². The molecule has 0 amide bonds. The van der Waals surface area contributed by atoms with Crippen molar-refractivity contribution in [3.63, 3.8) is 0 Å². The molecule has 1 unspecified atom stereocenters. The van der Waals surface area contributed by atoms with Crippen LogP contribution < -0.4 is 5.32 Å². The Balaban J connectivity index is 3.49. The van der Waals surface area contributed by atoms with Gasteiger partial charge in [0.15, 0.2) is 0 Å². The van der Waals surface area contributed by atoms with Crippen LogP contribution in [-0.4, -0.2) is 37.6 Å². The summed E-state index contributed by atoms with van der Waals surface area (Å²) in [7, 11) is 2.18. The van der Waals surface area contributed by atoms with Gasteiger partial charge in [-0.2, -0.15) is 0 Å². The van der Waals surface area contributed by atoms with Crippen LogP contribution in [0.5, 0.6) is 0 Å². The monoisotopic (exact) mass is 226 g/mol. The molecule has 1 N–H and O–H groups in total. The van der Waals surface area contributed by atoms with Crippen LogP contribution in [0.3, 0.4) is 0 Å². The van der Waals surface area contributed by atoms with E-state index in [1.807, 2.05) is 0 Å². The number of rotatable bonds is 9. The van der Waals surface area contributed by atoms with E-state index in [1.54, 1.807) is 0 Å². The molecule has 0 aliphatic heterocycles. The van der Waals surface area contributed by atoms with E-state index >= 15 is 0 Å². The SMILES string of the molecule is C=C(C)CN(C)C(C)CCCNCC(C)C. The topological polar surface area (TPSA) is 15.3 Å². The first-order valence-electron chi connectivity index (χ1n) is 6.48. The molecule has 0 aliphatic carbocycles. The van der Waals surface area contributed by atoms with Gasteiger partial charge in [-0.25, -0.2) is 0 Å². The van der Waals surface area contributed by atoms with Gasteiger partial charge in [-0.15, -0.1) is 0 Å². The van der Waals surface area contributed by atoms with Crippen molar-refractivity contribution in [1.29, 1.82) is 0 Å². The molecule has 2 nitrogen and oxygen atoms in total. The Labute approximate surface area is 102 Å². The molecule has 0 bridgehead atoms. The van der Waals surface area contributed by atoms with Crippen LogP contribution in [0.15, 0.2) is 12.2 Å². The van der Waals surface area contributed by atoms with Crippen molar-refractivity contribution >= 4 is 0 Å². The molecule has 0 aromatic heterocycles. The highest BCUT2D eigenvalue weighted by molar-refractivity contribution is 4.92. The zero-order valence-electron chi connectivity index (χ0n) is 11.8. The summed E-state index contributed by atoms with van der Waals surface area (Å²) >= 11 is 0. The van der Waals surface area contributed by atoms with Gasteiger partial charge in [0.25, 0.3) is 0 Å². The van der Waals surface area contributed by atoms with Gasteiger partial charge in [-0.05, 0) is 52.7 Å². The smallest absolute Gasteiger partial charge is 0.0187 e. The van der Waals surface area contributed by atoms with E-state index in [-0.39, 0.29) is 0 Å². The fourth-order valence-electron chi connectivity index (χ4n) is 1.72. The highest BCUT2D eigenvalue weighted by Crippen LogP contribution is 2.05. The van der Waals surface area contributed by atoms with Crippen molar-refractivity contribution < 1.29 is 0 Å². The maximum Gasteiger partial charge on any atom is 0.0187 e. The molecular formula is C14H30N2. The van der Waals surface area contributed by atoms with Crippen molar-refractivity contribution in [2.24, 2.45) is 5.92 Å². The molecule has 96 valence electrons. The van der Waals surface area contributed by atoms with Crippen LogP contribution in [0.2, 0.25) is 0 Å². The fraction of sp³-hybridized carbons (Fsp3) is 0.857. The first-order chi connectivity index (χ1) is 7.43. The summed E-state index contributed by atoms with van der Waals surface area (Å²) in [6, 6.07) is 0.651. The Morgan fingerprint density at radius 3 is 2.44 bits per heavy atom. The van der Waals surface area contributed by atoms with Crippen LogP contribution in [0.1, 0.15) is 40.5 Å². The number of hydrogen-bond donors (Lipinski definition) is 1. The molecule has 0 spiro atoms. The zero-order valence-corrected chi connectivity index (χ0v) is 11.8. The van der Waals surface area contributed by atoms with Crippen molar-refractivity contribution in [3.05, 3.63) is 12.2 Å². The van der Waals surface area contributed by atoms with Gasteiger partial charge in [-0.1, -0.05) is 26.0 Å². The minimum atomic E-state index is 0.651. The minimum absolute atomic E-state index is 0.651. The standard InChI is InChI=1S/C14H30N2/c1-12(2)10-15-9-7-8-14(5)16(6)11-13(3)4/h12,14-15H,3,7-11H2,1-2,4-6H3. The molecule has 16 heavy (non-hydrogen) atoms. The summed E-state index contributed by atoms with van der Waals surface area (Å²) in [6.45, 7) is 16.1. The van der Waals surface area contributed by atoms with Crippen LogP contribution >= 0.6 is 0 Å². The van der Waals surface area contributed by atoms with Gasteiger partial charge < -0.3 is 5.32 Å². The third kappa shape index (κ3) is 8.93. The molecule has 0 aromatic rings. The van der Waals surface area contributed by atoms with Crippen molar-refractivity contribution in [1.82, 2.24) is 10.2 Å². The average molecular weight is 226 g/mol. The quantitative estimate of drug-likeness (QED) is 0.480. The summed E-state index contributed by atoms with van der Waals surface area (Å²) in [4.78, 5) is 2.38. The maximum absolute atomic E-state index is 3.95. The second-order valence-corrected chi connectivity index (χ2v) is 5.46. The fourth-order valence-corrected chi connectivity index (χ4v) is 1.72. The van der Waals surface area contributed by atoms with Crippen LogP contribution in [-0.2, 0) is 0 Å². The predicted molar refractivity (Wildman–Crippen MR) is 73.8 cm³/mol. The Morgan fingerprint density at radius 1 is 1.31 bits per heavy atom. The number of nitrogens with zero attached hydrogens (tertiary/aromatic N) is 1. The Kier molecular flexibility index (Phi) is 8.58. The highest BCUT2D eigenvalue weighted by Gasteiger charge is 2.08. The van der Waals surface area contributed by atoms with Crippen LogP contribution in [0.25, 0.3) is 0 Å². The Hall–Kier alpha value is -0.340. The molecule has 0 heterocycles. The van der Waals surface area contributed by atoms with Gasteiger partial charge in [0.05, 0.1) is 0 Å². The summed E-state index contributed by atoms with van der Waals surface area (Å²) in [5, 5.41) is 3.48. The Morgan fingerprint density at radius 2 is 1.94 bits per heavy atom. The van der Waals surface area contributed by atoms with E-state index in [9.17, 15) is 0 Å². The predicted octanol–water partition coefficient (Wildman–Crippen LogP) is 2.91. The van der Waals surface area contributed by atoms with E-state index in [2.05, 4.69) is 51.5 Å². The zero-order chi connectivity index (χ0) is 12.6. The molecule has 0 saturated heterocycles. The molecule has 2 heteroatoms. The van der Waals surface area contributed by atoms with Crippen molar-refractivity contribution in [2.45, 2.75) is 46.6 Å². The number of nitrogens with one attached hydrogen (secondary N) is 1. The molecule has 0 aliphatic rings. The number of hydrogen-bond acceptors (Lipinski definition) is 2. The van der Waals surface area contributed by atoms with E-state index in [4.69, 9.17) is 0 Å². The summed E-state index contributed by atoms with van der Waals surface area (Å²) in [5.41, 5.74) is 1.24. The van der Waals surface area contributed by atoms with E-state index in [0.717, 1.165) is 25.6 Å². The third-order valence-corrected chi connectivity index (χ3v) is 2.80. The lowest BCUT2D eigenvalue weighted by Crippen LogP contribution is -2.31. The molecule has 0 saturated carbocycles. The third-order valence-electron chi connectivity index (χ3n) is 2.80. The van der Waals surface area contributed by atoms with Gasteiger partial charge in [-0.3, -0.25) is 4.90 Å². The summed E-state index contributed by atoms with van der Waals surface area (Å²) in [5.74, 6) is 0.753. The van der Waals surface area contributed by atoms with E-state index in [0.29, 0.717) is 6.04 Å². The van der Waals surface area contributed by atoms with Gasteiger partial charge in [0.2, 0.25) is 0 Å². The second kappa shape index (κ2) is 8.77. The first-order valence-corrected chi connectivity index (χ1v) is 6.48. The lowest BCUT2D eigenvalue weighted by molar-refractivity contribution is 0.261. The summed E-state index contributed by atoms with van der Waals surface area (Å²) in [6.07, 6.45) is 2.52. The lowest BCUT2D eigenvalue weighted by atomic mass is 10.1. The molecule has 0 fully saturated rings. The first kappa shape index (κ1) is 15.7. The average Bonchev–Trinajstić information content (AvgIpc) is 2.15. The summed E-state index contributed by atoms with van der Waals surface area (Å²) < 4.78 is 0. The van der Waals surface area contributed by atoms with Crippen LogP contribution in [0, 0.1) is 5.92 Å². The van der Waals surface area contributed by atoms with Gasteiger partial charge >= 0.3 is 0 Å². The van der Waals surface area contributed by atoms with E-state index in [1.165, 1.54) is 18.4 Å². The Bertz CT molecular complexity index is 187. The largest absolute Gasteiger partial charge is 0.316 e. The highest BCUT2D eigenvalue weighted by atomic mass is 15.1. The van der Waals surface area contributed by atoms with Gasteiger partial charge in [0, 0.05) is 12.6 Å². The maximum atomic E-state index is 3.95. The van der Waals surface area contributed by atoms with E-state index < -0.39 is 0 Å².